The van der Waals surface area contributed by atoms with E-state index in [1.54, 1.807) is 11.5 Å². The molecule has 4 rings (SSSR count). The molecule has 1 saturated heterocycles. The van der Waals surface area contributed by atoms with Crippen molar-refractivity contribution in [3.63, 3.8) is 0 Å². The van der Waals surface area contributed by atoms with Crippen LogP contribution in [0.25, 0.3) is 16.7 Å². The average molecular weight is 422 g/mol. The Morgan fingerprint density at radius 3 is 2.13 bits per heavy atom. The van der Waals surface area contributed by atoms with E-state index in [9.17, 15) is 9.59 Å². The molecular formula is C23H27BN2O5. The summed E-state index contributed by atoms with van der Waals surface area (Å²) in [5.74, 6) is -0.441. The highest BCUT2D eigenvalue weighted by Gasteiger charge is 2.51. The quantitative estimate of drug-likeness (QED) is 0.467. The summed E-state index contributed by atoms with van der Waals surface area (Å²) in [6, 6.07) is 14.9. The van der Waals surface area contributed by atoms with Crippen LogP contribution in [-0.2, 0) is 25.4 Å². The molecule has 1 aliphatic rings. The predicted molar refractivity (Wildman–Crippen MR) is 120 cm³/mol. The SMILES string of the molecule is CCOC(=O)Cn1c(=O)n(-c2ccc(B3OC(C)(C)C(C)(C)O3)cc2)c2ccccc21. The van der Waals surface area contributed by atoms with Crippen molar-refractivity contribution >= 4 is 29.6 Å². The van der Waals surface area contributed by atoms with Crippen LogP contribution in [0.3, 0.4) is 0 Å². The number of para-hydroxylation sites is 2. The van der Waals surface area contributed by atoms with Crippen LogP contribution in [0.1, 0.15) is 34.6 Å². The van der Waals surface area contributed by atoms with E-state index >= 15 is 0 Å². The number of fused-ring (bicyclic) bond motifs is 1. The fourth-order valence-electron chi connectivity index (χ4n) is 3.71. The van der Waals surface area contributed by atoms with E-state index in [0.29, 0.717) is 11.2 Å². The van der Waals surface area contributed by atoms with Gasteiger partial charge in [-0.2, -0.15) is 0 Å². The Kier molecular flexibility index (Phi) is 5.31. The molecule has 31 heavy (non-hydrogen) atoms. The fraction of sp³-hybridized carbons (Fsp3) is 0.391. The minimum Gasteiger partial charge on any atom is -0.465 e. The number of carbonyl (C=O) groups is 1. The Morgan fingerprint density at radius 1 is 0.968 bits per heavy atom. The summed E-state index contributed by atoms with van der Waals surface area (Å²) in [6.45, 7) is 9.93. The summed E-state index contributed by atoms with van der Waals surface area (Å²) in [6.07, 6.45) is 0. The smallest absolute Gasteiger partial charge is 0.465 e. The highest BCUT2D eigenvalue weighted by molar-refractivity contribution is 6.62. The van der Waals surface area contributed by atoms with Crippen molar-refractivity contribution in [2.75, 3.05) is 6.61 Å². The second-order valence-corrected chi connectivity index (χ2v) is 8.68. The molecule has 0 spiro atoms. The first kappa shape index (κ1) is 21.4. The van der Waals surface area contributed by atoms with Crippen LogP contribution < -0.4 is 11.2 Å². The number of hydrogen-bond acceptors (Lipinski definition) is 5. The molecule has 0 unspecified atom stereocenters. The van der Waals surface area contributed by atoms with Crippen LogP contribution in [0, 0.1) is 0 Å². The van der Waals surface area contributed by atoms with E-state index in [4.69, 9.17) is 14.0 Å². The third-order valence-corrected chi connectivity index (χ3v) is 6.10. The second kappa shape index (κ2) is 7.69. The second-order valence-electron chi connectivity index (χ2n) is 8.68. The molecule has 0 amide bonds. The average Bonchev–Trinajstić information content (AvgIpc) is 3.11. The third-order valence-electron chi connectivity index (χ3n) is 6.10. The minimum atomic E-state index is -0.471. The summed E-state index contributed by atoms with van der Waals surface area (Å²) in [4.78, 5) is 25.2. The molecule has 0 bridgehead atoms. The number of ether oxygens (including phenoxy) is 1. The number of aromatic nitrogens is 2. The number of rotatable bonds is 5. The molecule has 162 valence electrons. The van der Waals surface area contributed by atoms with Crippen LogP contribution >= 0.6 is 0 Å². The van der Waals surface area contributed by atoms with Gasteiger partial charge in [0.05, 0.1) is 34.5 Å². The molecule has 2 aromatic carbocycles. The van der Waals surface area contributed by atoms with E-state index < -0.39 is 24.3 Å². The van der Waals surface area contributed by atoms with Gasteiger partial charge in [0.1, 0.15) is 6.54 Å². The summed E-state index contributed by atoms with van der Waals surface area (Å²) in [5.41, 5.74) is 1.84. The summed E-state index contributed by atoms with van der Waals surface area (Å²) >= 11 is 0. The number of esters is 1. The van der Waals surface area contributed by atoms with E-state index in [1.165, 1.54) is 4.57 Å². The van der Waals surface area contributed by atoms with Gasteiger partial charge in [-0.15, -0.1) is 0 Å². The fourth-order valence-corrected chi connectivity index (χ4v) is 3.71. The first-order chi connectivity index (χ1) is 14.6. The molecule has 0 N–H and O–H groups in total. The number of hydrogen-bond donors (Lipinski definition) is 0. The van der Waals surface area contributed by atoms with Crippen molar-refractivity contribution in [3.05, 3.63) is 59.0 Å². The molecule has 7 nitrogen and oxygen atoms in total. The molecule has 8 heteroatoms. The van der Waals surface area contributed by atoms with E-state index in [0.717, 1.165) is 11.0 Å². The first-order valence-electron chi connectivity index (χ1n) is 10.5. The Balaban J connectivity index is 1.71. The van der Waals surface area contributed by atoms with Gasteiger partial charge in [-0.25, -0.2) is 4.79 Å². The van der Waals surface area contributed by atoms with Gasteiger partial charge in [-0.05, 0) is 64.3 Å². The lowest BCUT2D eigenvalue weighted by Crippen LogP contribution is -2.41. The van der Waals surface area contributed by atoms with Crippen LogP contribution in [0.2, 0.25) is 0 Å². The van der Waals surface area contributed by atoms with E-state index in [1.807, 2.05) is 76.2 Å². The third kappa shape index (κ3) is 3.70. The van der Waals surface area contributed by atoms with Crippen molar-refractivity contribution in [2.45, 2.75) is 52.4 Å². The standard InChI is InChI=1S/C23H27BN2O5/c1-6-29-20(27)15-25-18-9-7-8-10-19(18)26(21(25)28)17-13-11-16(12-14-17)24-30-22(2,3)23(4,5)31-24/h7-14H,6,15H2,1-5H3. The van der Waals surface area contributed by atoms with Gasteiger partial charge in [-0.1, -0.05) is 24.3 Å². The van der Waals surface area contributed by atoms with Crippen LogP contribution in [0.4, 0.5) is 0 Å². The topological polar surface area (TPSA) is 71.7 Å². The van der Waals surface area contributed by atoms with Crippen molar-refractivity contribution in [3.8, 4) is 5.69 Å². The monoisotopic (exact) mass is 422 g/mol. The molecule has 1 fully saturated rings. The zero-order chi connectivity index (χ0) is 22.4. The summed E-state index contributed by atoms with van der Waals surface area (Å²) in [7, 11) is -0.471. The van der Waals surface area contributed by atoms with Crippen LogP contribution in [0.15, 0.2) is 53.3 Å². The number of carbonyl (C=O) groups excluding carboxylic acids is 1. The molecule has 3 aromatic rings. The molecule has 1 aliphatic heterocycles. The van der Waals surface area contributed by atoms with Gasteiger partial charge in [0.15, 0.2) is 0 Å². The molecule has 1 aromatic heterocycles. The van der Waals surface area contributed by atoms with Gasteiger partial charge in [0.25, 0.3) is 0 Å². The van der Waals surface area contributed by atoms with Gasteiger partial charge in [0, 0.05) is 0 Å². The molecule has 0 saturated carbocycles. The Morgan fingerprint density at radius 2 is 1.55 bits per heavy atom. The summed E-state index contributed by atoms with van der Waals surface area (Å²) < 4.78 is 20.3. The van der Waals surface area contributed by atoms with Crippen molar-refractivity contribution in [1.82, 2.24) is 9.13 Å². The lowest BCUT2D eigenvalue weighted by molar-refractivity contribution is -0.143. The van der Waals surface area contributed by atoms with Crippen molar-refractivity contribution < 1.29 is 18.8 Å². The van der Waals surface area contributed by atoms with Crippen LogP contribution in [0.5, 0.6) is 0 Å². The molecule has 0 radical (unpaired) electrons. The first-order valence-corrected chi connectivity index (χ1v) is 10.5. The minimum absolute atomic E-state index is 0.133. The Bertz CT molecular complexity index is 1160. The Hall–Kier alpha value is -2.84. The lowest BCUT2D eigenvalue weighted by Gasteiger charge is -2.32. The molecule has 0 atom stereocenters. The lowest BCUT2D eigenvalue weighted by atomic mass is 9.79. The number of nitrogens with zero attached hydrogens (tertiary/aromatic N) is 2. The number of imidazole rings is 1. The molecular weight excluding hydrogens is 395 g/mol. The zero-order valence-electron chi connectivity index (χ0n) is 18.5. The number of benzene rings is 2. The maximum Gasteiger partial charge on any atom is 0.494 e. The molecule has 0 aliphatic carbocycles. The van der Waals surface area contributed by atoms with Gasteiger partial charge < -0.3 is 14.0 Å². The molecule has 2 heterocycles. The Labute approximate surface area is 181 Å². The zero-order valence-corrected chi connectivity index (χ0v) is 18.5. The van der Waals surface area contributed by atoms with Crippen LogP contribution in [-0.4, -0.2) is 40.0 Å². The van der Waals surface area contributed by atoms with Crippen molar-refractivity contribution in [2.24, 2.45) is 0 Å². The highest BCUT2D eigenvalue weighted by Crippen LogP contribution is 2.36. The van der Waals surface area contributed by atoms with Gasteiger partial charge in [-0.3, -0.25) is 13.9 Å². The summed E-state index contributed by atoms with van der Waals surface area (Å²) in [5, 5.41) is 0. The predicted octanol–water partition coefficient (Wildman–Crippen LogP) is 2.65. The largest absolute Gasteiger partial charge is 0.494 e. The van der Waals surface area contributed by atoms with Crippen molar-refractivity contribution in [1.29, 1.82) is 0 Å². The highest BCUT2D eigenvalue weighted by atomic mass is 16.7. The van der Waals surface area contributed by atoms with Gasteiger partial charge >= 0.3 is 18.8 Å². The maximum absolute atomic E-state index is 13.2. The van der Waals surface area contributed by atoms with Gasteiger partial charge in [0.2, 0.25) is 0 Å². The van der Waals surface area contributed by atoms with E-state index in [2.05, 4.69) is 0 Å². The normalized spacial score (nSPS) is 17.3. The maximum atomic E-state index is 13.2. The van der Waals surface area contributed by atoms with E-state index in [-0.39, 0.29) is 18.8 Å².